The zero-order valence-electron chi connectivity index (χ0n) is 10.8. The summed E-state index contributed by atoms with van der Waals surface area (Å²) in [6, 6.07) is 0. The predicted molar refractivity (Wildman–Crippen MR) is 66.8 cm³/mol. The maximum Gasteiger partial charge on any atom is 0.0972 e. The first-order valence-electron chi connectivity index (χ1n) is 6.23. The highest BCUT2D eigenvalue weighted by atomic mass is 32.2. The van der Waals surface area contributed by atoms with Crippen LogP contribution in [0.1, 0.15) is 39.5 Å². The number of aliphatic hydroxyl groups is 1. The second-order valence-electron chi connectivity index (χ2n) is 4.39. The lowest BCUT2D eigenvalue weighted by molar-refractivity contribution is 0.125. The van der Waals surface area contributed by atoms with Crippen LogP contribution in [0.5, 0.6) is 0 Å². The summed E-state index contributed by atoms with van der Waals surface area (Å²) in [6.45, 7) is 6.10. The van der Waals surface area contributed by atoms with Crippen molar-refractivity contribution in [3.05, 3.63) is 0 Å². The van der Waals surface area contributed by atoms with Crippen LogP contribution in [0.2, 0.25) is 0 Å². The van der Waals surface area contributed by atoms with Gasteiger partial charge in [0.2, 0.25) is 0 Å². The second-order valence-corrected chi connectivity index (χ2v) is 5.83. The van der Waals surface area contributed by atoms with Crippen LogP contribution < -0.4 is 0 Å². The molecule has 0 spiro atoms. The third-order valence-electron chi connectivity index (χ3n) is 2.52. The summed E-state index contributed by atoms with van der Waals surface area (Å²) in [5.41, 5.74) is 0. The van der Waals surface area contributed by atoms with Crippen LogP contribution in [0, 0.1) is 0 Å². The molecule has 6 heteroatoms. The Morgan fingerprint density at radius 1 is 1.18 bits per heavy atom. The normalized spacial score (nSPS) is 14.2. The van der Waals surface area contributed by atoms with Gasteiger partial charge in [-0.15, -0.1) is 0 Å². The molecular formula is C11H24NO4S-. The fourth-order valence-corrected chi connectivity index (χ4v) is 2.22. The molecule has 0 aliphatic rings. The number of unbranched alkanes of at least 4 members (excludes halogenated alkanes) is 2. The Hall–Kier alpha value is -0.170. The van der Waals surface area contributed by atoms with Gasteiger partial charge in [-0.05, 0) is 25.9 Å². The fourth-order valence-electron chi connectivity index (χ4n) is 1.64. The lowest BCUT2D eigenvalue weighted by Gasteiger charge is -2.25. The standard InChI is InChI=1S/C11H25NO4S/c1-3-5-7-12(8-6-4-2)9-11(13)10-17(14,15)16/h11,13H,3-10H2,1-2H3,(H,14,15,16)/p-1. The molecule has 0 aromatic heterocycles. The summed E-state index contributed by atoms with van der Waals surface area (Å²) < 4.78 is 31.6. The zero-order chi connectivity index (χ0) is 13.3. The van der Waals surface area contributed by atoms with Crippen LogP contribution >= 0.6 is 0 Å². The second kappa shape index (κ2) is 8.85. The van der Waals surface area contributed by atoms with Crippen LogP contribution in [-0.2, 0) is 10.1 Å². The largest absolute Gasteiger partial charge is 0.748 e. The van der Waals surface area contributed by atoms with Gasteiger partial charge in [0.25, 0.3) is 0 Å². The van der Waals surface area contributed by atoms with E-state index >= 15 is 0 Å². The predicted octanol–water partition coefficient (Wildman–Crippen LogP) is 0.795. The number of nitrogens with zero attached hydrogens (tertiary/aromatic N) is 1. The summed E-state index contributed by atoms with van der Waals surface area (Å²) in [7, 11) is -4.34. The number of hydrogen-bond acceptors (Lipinski definition) is 5. The van der Waals surface area contributed by atoms with Crippen molar-refractivity contribution in [3.8, 4) is 0 Å². The molecule has 0 bridgehead atoms. The Balaban J connectivity index is 4.11. The highest BCUT2D eigenvalue weighted by Gasteiger charge is 2.13. The van der Waals surface area contributed by atoms with Crippen LogP contribution in [-0.4, -0.2) is 54.5 Å². The van der Waals surface area contributed by atoms with Crippen molar-refractivity contribution >= 4 is 10.1 Å². The molecule has 0 rings (SSSR count). The van der Waals surface area contributed by atoms with Crippen molar-refractivity contribution in [2.75, 3.05) is 25.4 Å². The average molecular weight is 266 g/mol. The van der Waals surface area contributed by atoms with E-state index in [-0.39, 0.29) is 6.54 Å². The van der Waals surface area contributed by atoms with E-state index < -0.39 is 22.0 Å². The van der Waals surface area contributed by atoms with E-state index in [9.17, 15) is 18.1 Å². The third kappa shape index (κ3) is 10.7. The van der Waals surface area contributed by atoms with E-state index in [4.69, 9.17) is 0 Å². The summed E-state index contributed by atoms with van der Waals surface area (Å²) in [5.74, 6) is -0.693. The summed E-state index contributed by atoms with van der Waals surface area (Å²) in [6.07, 6.45) is 3.06. The number of aliphatic hydroxyl groups excluding tert-OH is 1. The van der Waals surface area contributed by atoms with Crippen molar-refractivity contribution in [2.45, 2.75) is 45.6 Å². The first-order valence-corrected chi connectivity index (χ1v) is 7.80. The first-order chi connectivity index (χ1) is 7.89. The van der Waals surface area contributed by atoms with E-state index in [0.29, 0.717) is 0 Å². The van der Waals surface area contributed by atoms with Gasteiger partial charge in [-0.2, -0.15) is 0 Å². The van der Waals surface area contributed by atoms with E-state index in [1.165, 1.54) is 0 Å². The molecule has 0 aliphatic heterocycles. The minimum absolute atomic E-state index is 0.265. The molecule has 17 heavy (non-hydrogen) atoms. The topological polar surface area (TPSA) is 80.7 Å². The van der Waals surface area contributed by atoms with Gasteiger partial charge in [0.1, 0.15) is 0 Å². The van der Waals surface area contributed by atoms with Gasteiger partial charge in [0, 0.05) is 6.54 Å². The maximum atomic E-state index is 10.5. The fraction of sp³-hybridized carbons (Fsp3) is 1.00. The van der Waals surface area contributed by atoms with Crippen LogP contribution in [0.15, 0.2) is 0 Å². The minimum Gasteiger partial charge on any atom is -0.748 e. The van der Waals surface area contributed by atoms with Crippen molar-refractivity contribution < 1.29 is 18.1 Å². The van der Waals surface area contributed by atoms with E-state index in [1.54, 1.807) is 0 Å². The van der Waals surface area contributed by atoms with Crippen LogP contribution in [0.3, 0.4) is 0 Å². The van der Waals surface area contributed by atoms with E-state index in [2.05, 4.69) is 13.8 Å². The van der Waals surface area contributed by atoms with E-state index in [1.807, 2.05) is 4.90 Å². The molecule has 5 nitrogen and oxygen atoms in total. The Morgan fingerprint density at radius 3 is 2.00 bits per heavy atom. The minimum atomic E-state index is -4.34. The molecule has 0 saturated carbocycles. The molecule has 0 saturated heterocycles. The molecule has 0 radical (unpaired) electrons. The Morgan fingerprint density at radius 2 is 1.65 bits per heavy atom. The Bertz CT molecular complexity index is 271. The lowest BCUT2D eigenvalue weighted by Crippen LogP contribution is -2.37. The number of rotatable bonds is 10. The van der Waals surface area contributed by atoms with Crippen molar-refractivity contribution in [3.63, 3.8) is 0 Å². The molecule has 0 amide bonds. The molecule has 0 aromatic rings. The molecule has 0 fully saturated rings. The lowest BCUT2D eigenvalue weighted by atomic mass is 10.2. The molecule has 1 atom stereocenters. The third-order valence-corrected chi connectivity index (χ3v) is 3.31. The van der Waals surface area contributed by atoms with Crippen molar-refractivity contribution in [1.29, 1.82) is 0 Å². The van der Waals surface area contributed by atoms with Crippen LogP contribution in [0.25, 0.3) is 0 Å². The molecule has 104 valence electrons. The quantitative estimate of drug-likeness (QED) is 0.591. The van der Waals surface area contributed by atoms with Gasteiger partial charge in [-0.3, -0.25) is 0 Å². The summed E-state index contributed by atoms with van der Waals surface area (Å²) in [5, 5.41) is 9.53. The highest BCUT2D eigenvalue weighted by molar-refractivity contribution is 7.85. The molecule has 1 unspecified atom stereocenters. The molecule has 0 aliphatic carbocycles. The van der Waals surface area contributed by atoms with Gasteiger partial charge in [-0.25, -0.2) is 8.42 Å². The van der Waals surface area contributed by atoms with Gasteiger partial charge in [0.05, 0.1) is 22.0 Å². The summed E-state index contributed by atoms with van der Waals surface area (Å²) in [4.78, 5) is 2.03. The van der Waals surface area contributed by atoms with Gasteiger partial charge in [0.15, 0.2) is 0 Å². The Kier molecular flexibility index (Phi) is 8.77. The van der Waals surface area contributed by atoms with Gasteiger partial charge in [-0.1, -0.05) is 26.7 Å². The molecular weight excluding hydrogens is 242 g/mol. The summed E-state index contributed by atoms with van der Waals surface area (Å²) >= 11 is 0. The molecule has 0 aromatic carbocycles. The van der Waals surface area contributed by atoms with E-state index in [0.717, 1.165) is 38.8 Å². The average Bonchev–Trinajstić information content (AvgIpc) is 2.19. The van der Waals surface area contributed by atoms with Crippen molar-refractivity contribution in [2.24, 2.45) is 0 Å². The highest BCUT2D eigenvalue weighted by Crippen LogP contribution is 2.02. The smallest absolute Gasteiger partial charge is 0.0972 e. The van der Waals surface area contributed by atoms with Crippen LogP contribution in [0.4, 0.5) is 0 Å². The number of hydrogen-bond donors (Lipinski definition) is 1. The molecule has 0 heterocycles. The first kappa shape index (κ1) is 16.8. The van der Waals surface area contributed by atoms with Crippen molar-refractivity contribution in [1.82, 2.24) is 4.90 Å². The maximum absolute atomic E-state index is 10.5. The zero-order valence-corrected chi connectivity index (χ0v) is 11.6. The van der Waals surface area contributed by atoms with Gasteiger partial charge < -0.3 is 14.6 Å². The molecule has 1 N–H and O–H groups in total. The SMILES string of the molecule is CCCCN(CCCC)CC(O)CS(=O)(=O)[O-]. The monoisotopic (exact) mass is 266 g/mol. The Labute approximate surface area is 105 Å². The van der Waals surface area contributed by atoms with Gasteiger partial charge >= 0.3 is 0 Å².